The molecule has 1 aromatic heterocycles. The zero-order chi connectivity index (χ0) is 8.48. The van der Waals surface area contributed by atoms with E-state index in [1.165, 1.54) is 0 Å². The van der Waals surface area contributed by atoms with Crippen molar-refractivity contribution in [2.24, 2.45) is 0 Å². The summed E-state index contributed by atoms with van der Waals surface area (Å²) >= 11 is 3.43. The summed E-state index contributed by atoms with van der Waals surface area (Å²) < 4.78 is 5.14. The van der Waals surface area contributed by atoms with Crippen molar-refractivity contribution in [2.75, 3.05) is 5.33 Å². The van der Waals surface area contributed by atoms with E-state index in [1.807, 2.05) is 13.0 Å². The molecule has 0 saturated carbocycles. The Morgan fingerprint density at radius 3 is 2.64 bits per heavy atom. The van der Waals surface area contributed by atoms with Crippen molar-refractivity contribution >= 4 is 15.9 Å². The summed E-state index contributed by atoms with van der Waals surface area (Å²) in [4.78, 5) is 0. The monoisotopic (exact) mass is 217 g/mol. The van der Waals surface area contributed by atoms with Crippen molar-refractivity contribution < 1.29 is 4.52 Å². The van der Waals surface area contributed by atoms with Gasteiger partial charge in [-0.15, -0.1) is 0 Å². The van der Waals surface area contributed by atoms with Crippen LogP contribution in [0.1, 0.15) is 25.3 Å². The van der Waals surface area contributed by atoms with E-state index in [-0.39, 0.29) is 5.41 Å². The molecule has 3 heteroatoms. The van der Waals surface area contributed by atoms with E-state index in [1.54, 1.807) is 0 Å². The van der Waals surface area contributed by atoms with Crippen LogP contribution in [0.25, 0.3) is 0 Å². The number of hydrogen-bond acceptors (Lipinski definition) is 2. The number of aryl methyl sites for hydroxylation is 1. The van der Waals surface area contributed by atoms with Gasteiger partial charge in [0.2, 0.25) is 0 Å². The van der Waals surface area contributed by atoms with Gasteiger partial charge in [-0.2, -0.15) is 0 Å². The van der Waals surface area contributed by atoms with Crippen LogP contribution < -0.4 is 0 Å². The van der Waals surface area contributed by atoms with Crippen molar-refractivity contribution in [3.63, 3.8) is 0 Å². The quantitative estimate of drug-likeness (QED) is 0.713. The summed E-state index contributed by atoms with van der Waals surface area (Å²) in [5.41, 5.74) is 0.982. The highest BCUT2D eigenvalue weighted by Gasteiger charge is 2.23. The Labute approximate surface area is 75.1 Å². The Morgan fingerprint density at radius 2 is 2.27 bits per heavy atom. The molecule has 0 atom stereocenters. The third-order valence-electron chi connectivity index (χ3n) is 1.63. The van der Waals surface area contributed by atoms with Crippen molar-refractivity contribution in [1.29, 1.82) is 0 Å². The second-order valence-corrected chi connectivity index (χ2v) is 3.91. The van der Waals surface area contributed by atoms with Gasteiger partial charge < -0.3 is 4.52 Å². The van der Waals surface area contributed by atoms with Gasteiger partial charge in [-0.25, -0.2) is 0 Å². The summed E-state index contributed by atoms with van der Waals surface area (Å²) in [5.74, 6) is 0.937. The van der Waals surface area contributed by atoms with Crippen LogP contribution in [0.4, 0.5) is 0 Å². The van der Waals surface area contributed by atoms with Gasteiger partial charge in [-0.05, 0) is 6.92 Å². The molecule has 62 valence electrons. The number of aromatic nitrogens is 1. The molecule has 0 fully saturated rings. The van der Waals surface area contributed by atoms with Gasteiger partial charge >= 0.3 is 0 Å². The van der Waals surface area contributed by atoms with Crippen LogP contribution in [0, 0.1) is 6.92 Å². The number of hydrogen-bond donors (Lipinski definition) is 0. The number of halogens is 1. The molecule has 1 heterocycles. The smallest absolute Gasteiger partial charge is 0.143 e. The highest BCUT2D eigenvalue weighted by molar-refractivity contribution is 9.09. The topological polar surface area (TPSA) is 26.0 Å². The third kappa shape index (κ3) is 1.83. The summed E-state index contributed by atoms with van der Waals surface area (Å²) in [6.07, 6.45) is 0. The first-order chi connectivity index (χ1) is 5.06. The van der Waals surface area contributed by atoms with Crippen LogP contribution in [-0.2, 0) is 5.41 Å². The number of nitrogens with zero attached hydrogens (tertiary/aromatic N) is 1. The highest BCUT2D eigenvalue weighted by Crippen LogP contribution is 2.25. The molecule has 0 aromatic carbocycles. The van der Waals surface area contributed by atoms with Gasteiger partial charge in [-0.1, -0.05) is 34.9 Å². The zero-order valence-corrected chi connectivity index (χ0v) is 8.60. The first-order valence-electron chi connectivity index (χ1n) is 3.56. The summed E-state index contributed by atoms with van der Waals surface area (Å²) in [5, 5.41) is 4.72. The molecule has 0 radical (unpaired) electrons. The summed E-state index contributed by atoms with van der Waals surface area (Å²) in [7, 11) is 0. The summed E-state index contributed by atoms with van der Waals surface area (Å²) in [6.45, 7) is 6.15. The molecule has 11 heavy (non-hydrogen) atoms. The highest BCUT2D eigenvalue weighted by atomic mass is 79.9. The van der Waals surface area contributed by atoms with E-state index in [0.29, 0.717) is 0 Å². The molecule has 0 amide bonds. The minimum Gasteiger partial charge on any atom is -0.361 e. The summed E-state index contributed by atoms with van der Waals surface area (Å²) in [6, 6.07) is 1.97. The van der Waals surface area contributed by atoms with Gasteiger partial charge in [-0.3, -0.25) is 0 Å². The molecule has 0 N–H and O–H groups in total. The fraction of sp³-hybridized carbons (Fsp3) is 0.625. The Hall–Kier alpha value is -0.310. The van der Waals surface area contributed by atoms with Crippen molar-refractivity contribution in [3.05, 3.63) is 17.5 Å². The van der Waals surface area contributed by atoms with Crippen molar-refractivity contribution in [2.45, 2.75) is 26.2 Å². The fourth-order valence-corrected chi connectivity index (χ4v) is 1.02. The van der Waals surface area contributed by atoms with Crippen molar-refractivity contribution in [1.82, 2.24) is 5.16 Å². The molecular weight excluding hydrogens is 206 g/mol. The predicted molar refractivity (Wildman–Crippen MR) is 48.1 cm³/mol. The van der Waals surface area contributed by atoms with E-state index in [0.717, 1.165) is 16.8 Å². The second kappa shape index (κ2) is 2.97. The van der Waals surface area contributed by atoms with E-state index in [9.17, 15) is 0 Å². The lowest BCUT2D eigenvalue weighted by molar-refractivity contribution is 0.330. The van der Waals surface area contributed by atoms with Gasteiger partial charge in [0, 0.05) is 16.8 Å². The molecule has 1 rings (SSSR count). The average molecular weight is 218 g/mol. The maximum absolute atomic E-state index is 5.14. The second-order valence-electron chi connectivity index (χ2n) is 3.35. The lowest BCUT2D eigenvalue weighted by Gasteiger charge is -2.16. The minimum absolute atomic E-state index is 0.0429. The Kier molecular flexibility index (Phi) is 2.37. The molecule has 0 aliphatic carbocycles. The molecule has 2 nitrogen and oxygen atoms in total. The maximum Gasteiger partial charge on any atom is 0.143 e. The van der Waals surface area contributed by atoms with Crippen LogP contribution in [0.3, 0.4) is 0 Å². The van der Waals surface area contributed by atoms with E-state index >= 15 is 0 Å². The molecule has 0 bridgehead atoms. The largest absolute Gasteiger partial charge is 0.361 e. The first kappa shape index (κ1) is 8.78. The van der Waals surface area contributed by atoms with Crippen LogP contribution in [0.2, 0.25) is 0 Å². The molecule has 0 unspecified atom stereocenters. The zero-order valence-electron chi connectivity index (χ0n) is 7.02. The minimum atomic E-state index is 0.0429. The van der Waals surface area contributed by atoms with E-state index in [4.69, 9.17) is 4.52 Å². The Morgan fingerprint density at radius 1 is 1.64 bits per heavy atom. The molecule has 0 spiro atoms. The molecule has 0 aliphatic rings. The molecule has 1 aromatic rings. The average Bonchev–Trinajstić information content (AvgIpc) is 2.36. The van der Waals surface area contributed by atoms with Crippen LogP contribution in [0.15, 0.2) is 10.6 Å². The SMILES string of the molecule is Cc1cc(C(C)(C)CBr)on1. The van der Waals surface area contributed by atoms with Crippen molar-refractivity contribution in [3.8, 4) is 0 Å². The standard InChI is InChI=1S/C8H12BrNO/c1-6-4-7(11-10-6)8(2,3)5-9/h4H,5H2,1-3H3. The van der Waals surface area contributed by atoms with Crippen LogP contribution in [0.5, 0.6) is 0 Å². The van der Waals surface area contributed by atoms with Gasteiger partial charge in [0.1, 0.15) is 5.76 Å². The normalized spacial score (nSPS) is 12.0. The van der Waals surface area contributed by atoms with Gasteiger partial charge in [0.15, 0.2) is 0 Å². The lowest BCUT2D eigenvalue weighted by atomic mass is 9.93. The maximum atomic E-state index is 5.14. The molecular formula is C8H12BrNO. The van der Waals surface area contributed by atoms with Crippen LogP contribution >= 0.6 is 15.9 Å². The van der Waals surface area contributed by atoms with E-state index < -0.39 is 0 Å². The predicted octanol–water partition coefficient (Wildman–Crippen LogP) is 2.66. The lowest BCUT2D eigenvalue weighted by Crippen LogP contribution is -2.17. The fourth-order valence-electron chi connectivity index (χ4n) is 0.748. The van der Waals surface area contributed by atoms with Crippen LogP contribution in [-0.4, -0.2) is 10.5 Å². The number of alkyl halides is 1. The molecule has 0 aliphatic heterocycles. The molecule has 0 saturated heterocycles. The van der Waals surface area contributed by atoms with Gasteiger partial charge in [0.05, 0.1) is 5.69 Å². The third-order valence-corrected chi connectivity index (χ3v) is 3.03. The first-order valence-corrected chi connectivity index (χ1v) is 4.68. The Balaban J connectivity index is 2.92. The Bertz CT molecular complexity index is 242. The van der Waals surface area contributed by atoms with Gasteiger partial charge in [0.25, 0.3) is 0 Å². The van der Waals surface area contributed by atoms with E-state index in [2.05, 4.69) is 34.9 Å². The number of rotatable bonds is 2.